The van der Waals surface area contributed by atoms with E-state index in [1.54, 1.807) is 12.3 Å². The number of thioether (sulfide) groups is 1. The predicted molar refractivity (Wildman–Crippen MR) is 112 cm³/mol. The lowest BCUT2D eigenvalue weighted by molar-refractivity contribution is -0.124. The summed E-state index contributed by atoms with van der Waals surface area (Å²) in [5.41, 5.74) is 1.14. The third-order valence-electron chi connectivity index (χ3n) is 4.66. The maximum absolute atomic E-state index is 12.8. The molecule has 0 saturated heterocycles. The molecule has 0 aromatic heterocycles. The second-order valence-corrected chi connectivity index (χ2v) is 7.87. The van der Waals surface area contributed by atoms with Gasteiger partial charge in [-0.3, -0.25) is 9.59 Å². The Balaban J connectivity index is 2.02. The number of carbonyl (C=O) groups excluding carboxylic acids is 3. The van der Waals surface area contributed by atoms with Crippen molar-refractivity contribution in [2.75, 3.05) is 19.3 Å². The van der Waals surface area contributed by atoms with E-state index in [1.165, 1.54) is 0 Å². The number of hydrogen-bond acceptors (Lipinski definition) is 6. The van der Waals surface area contributed by atoms with E-state index in [0.29, 0.717) is 0 Å². The van der Waals surface area contributed by atoms with Gasteiger partial charge in [0.15, 0.2) is 4.87 Å². The van der Waals surface area contributed by atoms with Gasteiger partial charge in [-0.05, 0) is 18.2 Å². The SMILES string of the molecule is CSC(CNC(=O)CC#N)(NC(=O)NC1CC1c1ccccc1)C(=O)NCCC#N. The number of benzene rings is 1. The molecule has 10 heteroatoms. The topological polar surface area (TPSA) is 147 Å². The third-order valence-corrected chi connectivity index (χ3v) is 5.79. The first-order valence-corrected chi connectivity index (χ1v) is 10.7. The molecule has 3 unspecified atom stereocenters. The number of nitrogens with zero attached hydrogens (tertiary/aromatic N) is 2. The maximum atomic E-state index is 12.8. The summed E-state index contributed by atoms with van der Waals surface area (Å²) in [6.45, 7) is -0.0843. The monoisotopic (exact) mass is 428 g/mol. The molecule has 1 aromatic carbocycles. The van der Waals surface area contributed by atoms with Gasteiger partial charge in [0.05, 0.1) is 25.1 Å². The molecule has 0 radical (unpaired) electrons. The van der Waals surface area contributed by atoms with E-state index in [2.05, 4.69) is 21.3 Å². The van der Waals surface area contributed by atoms with Crippen LogP contribution >= 0.6 is 11.8 Å². The Morgan fingerprint density at radius 1 is 1.17 bits per heavy atom. The van der Waals surface area contributed by atoms with Crippen molar-refractivity contribution in [1.82, 2.24) is 21.3 Å². The molecule has 4 amide bonds. The van der Waals surface area contributed by atoms with Gasteiger partial charge in [-0.1, -0.05) is 30.3 Å². The van der Waals surface area contributed by atoms with Crippen molar-refractivity contribution in [2.24, 2.45) is 0 Å². The summed E-state index contributed by atoms with van der Waals surface area (Å²) in [5.74, 6) is -0.859. The average molecular weight is 429 g/mol. The lowest BCUT2D eigenvalue weighted by Gasteiger charge is -2.31. The molecule has 0 bridgehead atoms. The van der Waals surface area contributed by atoms with Crippen LogP contribution in [0.1, 0.15) is 30.7 Å². The second kappa shape index (κ2) is 11.1. The van der Waals surface area contributed by atoms with Crippen molar-refractivity contribution in [1.29, 1.82) is 10.5 Å². The van der Waals surface area contributed by atoms with Gasteiger partial charge in [0.1, 0.15) is 6.42 Å². The van der Waals surface area contributed by atoms with E-state index in [0.717, 1.165) is 23.7 Å². The van der Waals surface area contributed by atoms with Crippen LogP contribution < -0.4 is 21.3 Å². The minimum atomic E-state index is -1.48. The smallest absolute Gasteiger partial charge is 0.316 e. The van der Waals surface area contributed by atoms with Gasteiger partial charge in [0, 0.05) is 18.5 Å². The van der Waals surface area contributed by atoms with Gasteiger partial charge in [-0.15, -0.1) is 11.8 Å². The summed E-state index contributed by atoms with van der Waals surface area (Å²) in [6, 6.07) is 12.9. The minimum Gasteiger partial charge on any atom is -0.352 e. The molecule has 1 saturated carbocycles. The Kier molecular flexibility index (Phi) is 8.51. The molecule has 3 atom stereocenters. The quantitative estimate of drug-likeness (QED) is 0.322. The van der Waals surface area contributed by atoms with Crippen LogP contribution in [-0.4, -0.2) is 48.1 Å². The van der Waals surface area contributed by atoms with Gasteiger partial charge in [0.2, 0.25) is 5.91 Å². The number of nitrogens with one attached hydrogen (secondary N) is 4. The number of amides is 4. The highest BCUT2D eigenvalue weighted by molar-refractivity contribution is 8.00. The number of carbonyl (C=O) groups is 3. The Hall–Kier alpha value is -3.24. The van der Waals surface area contributed by atoms with Crippen LogP contribution in [0.2, 0.25) is 0 Å². The van der Waals surface area contributed by atoms with Crippen LogP contribution in [0.3, 0.4) is 0 Å². The van der Waals surface area contributed by atoms with Gasteiger partial charge in [-0.2, -0.15) is 10.5 Å². The highest BCUT2D eigenvalue weighted by Gasteiger charge is 2.43. The summed E-state index contributed by atoms with van der Waals surface area (Å²) in [5, 5.41) is 27.9. The maximum Gasteiger partial charge on any atom is 0.316 e. The lowest BCUT2D eigenvalue weighted by atomic mass is 10.1. The van der Waals surface area contributed by atoms with Crippen molar-refractivity contribution in [3.05, 3.63) is 35.9 Å². The zero-order valence-electron chi connectivity index (χ0n) is 16.6. The number of rotatable bonds is 10. The van der Waals surface area contributed by atoms with Crippen LogP contribution in [0.15, 0.2) is 30.3 Å². The van der Waals surface area contributed by atoms with Crippen LogP contribution in [-0.2, 0) is 9.59 Å². The Morgan fingerprint density at radius 2 is 1.90 bits per heavy atom. The largest absolute Gasteiger partial charge is 0.352 e. The lowest BCUT2D eigenvalue weighted by Crippen LogP contribution is -2.63. The number of nitriles is 2. The van der Waals surface area contributed by atoms with E-state index in [1.807, 2.05) is 36.4 Å². The average Bonchev–Trinajstić information content (AvgIpc) is 3.51. The zero-order chi connectivity index (χ0) is 22.0. The van der Waals surface area contributed by atoms with E-state index < -0.39 is 22.7 Å². The molecule has 0 heterocycles. The van der Waals surface area contributed by atoms with Crippen molar-refractivity contribution in [3.8, 4) is 12.1 Å². The molecule has 1 aliphatic carbocycles. The fourth-order valence-corrected chi connectivity index (χ4v) is 3.61. The van der Waals surface area contributed by atoms with Crippen molar-refractivity contribution in [2.45, 2.75) is 36.1 Å². The molecule has 9 nitrogen and oxygen atoms in total. The highest BCUT2D eigenvalue weighted by Crippen LogP contribution is 2.40. The standard InChI is InChI=1S/C20H24N6O3S/c1-30-20(13-24-17(27)8-10-22,18(28)23-11-5-9-21)26-19(29)25-16-12-15(16)14-6-3-2-4-7-14/h2-4,6-7,15-16H,5,8,11-13H2,1H3,(H,23,28)(H,24,27)(H2,25,26,29). The molecular weight excluding hydrogens is 404 g/mol. The van der Waals surface area contributed by atoms with Gasteiger partial charge in [0.25, 0.3) is 5.91 Å². The van der Waals surface area contributed by atoms with E-state index in [9.17, 15) is 14.4 Å². The number of urea groups is 1. The zero-order valence-corrected chi connectivity index (χ0v) is 17.4. The van der Waals surface area contributed by atoms with Gasteiger partial charge in [-0.25, -0.2) is 4.79 Å². The highest BCUT2D eigenvalue weighted by atomic mass is 32.2. The van der Waals surface area contributed by atoms with E-state index in [-0.39, 0.29) is 37.9 Å². The van der Waals surface area contributed by atoms with Gasteiger partial charge < -0.3 is 21.3 Å². The third kappa shape index (κ3) is 6.39. The second-order valence-electron chi connectivity index (χ2n) is 6.76. The summed E-state index contributed by atoms with van der Waals surface area (Å²) in [6.07, 6.45) is 2.19. The summed E-state index contributed by atoms with van der Waals surface area (Å²) in [7, 11) is 0. The molecule has 1 aromatic rings. The fourth-order valence-electron chi connectivity index (χ4n) is 2.94. The molecule has 2 rings (SSSR count). The molecule has 0 aliphatic heterocycles. The summed E-state index contributed by atoms with van der Waals surface area (Å²) < 4.78 is 0. The van der Waals surface area contributed by atoms with Crippen molar-refractivity contribution in [3.63, 3.8) is 0 Å². The molecular formula is C20H24N6O3S. The molecule has 0 spiro atoms. The van der Waals surface area contributed by atoms with Crippen LogP contribution in [0, 0.1) is 22.7 Å². The van der Waals surface area contributed by atoms with Crippen LogP contribution in [0.4, 0.5) is 4.79 Å². The Morgan fingerprint density at radius 3 is 2.53 bits per heavy atom. The molecule has 1 fully saturated rings. The van der Waals surface area contributed by atoms with E-state index >= 15 is 0 Å². The van der Waals surface area contributed by atoms with Crippen molar-refractivity contribution >= 4 is 29.6 Å². The van der Waals surface area contributed by atoms with Crippen molar-refractivity contribution < 1.29 is 14.4 Å². The normalized spacial score (nSPS) is 18.6. The first-order chi connectivity index (χ1) is 14.5. The Bertz CT molecular complexity index is 850. The number of hydrogen-bond donors (Lipinski definition) is 4. The fraction of sp³-hybridized carbons (Fsp3) is 0.450. The van der Waals surface area contributed by atoms with Crippen LogP contribution in [0.25, 0.3) is 0 Å². The first kappa shape index (κ1) is 23.0. The first-order valence-electron chi connectivity index (χ1n) is 9.43. The minimum absolute atomic E-state index is 0.0400. The van der Waals surface area contributed by atoms with E-state index in [4.69, 9.17) is 10.5 Å². The molecule has 4 N–H and O–H groups in total. The summed E-state index contributed by atoms with van der Waals surface area (Å²) >= 11 is 1.05. The molecule has 30 heavy (non-hydrogen) atoms. The predicted octanol–water partition coefficient (Wildman–Crippen LogP) is 0.961. The van der Waals surface area contributed by atoms with Gasteiger partial charge >= 0.3 is 6.03 Å². The molecule has 1 aliphatic rings. The molecule has 158 valence electrons. The Labute approximate surface area is 179 Å². The summed E-state index contributed by atoms with van der Waals surface area (Å²) in [4.78, 5) is 35.6. The van der Waals surface area contributed by atoms with Crippen LogP contribution in [0.5, 0.6) is 0 Å².